The monoisotopic (exact) mass is 248 g/mol. The van der Waals surface area contributed by atoms with Gasteiger partial charge < -0.3 is 4.57 Å². The second-order valence-electron chi connectivity index (χ2n) is 4.65. The zero-order valence-corrected chi connectivity index (χ0v) is 11.0. The van der Waals surface area contributed by atoms with Crippen LogP contribution in [0.15, 0.2) is 66.9 Å². The summed E-state index contributed by atoms with van der Waals surface area (Å²) in [6.07, 6.45) is 2.12. The van der Waals surface area contributed by atoms with Crippen molar-refractivity contribution in [1.29, 1.82) is 0 Å². The van der Waals surface area contributed by atoms with Crippen molar-refractivity contribution in [3.8, 4) is 11.3 Å². The van der Waals surface area contributed by atoms with Gasteiger partial charge in [0, 0.05) is 18.3 Å². The quantitative estimate of drug-likeness (QED) is 0.687. The van der Waals surface area contributed by atoms with Gasteiger partial charge in [0.15, 0.2) is 0 Å². The molecule has 0 aliphatic carbocycles. The number of hydrogen-bond acceptors (Lipinski definition) is 1. The van der Waals surface area contributed by atoms with Crippen LogP contribution in [0.2, 0.25) is 0 Å². The first-order valence-electron chi connectivity index (χ1n) is 6.46. The van der Waals surface area contributed by atoms with Gasteiger partial charge in [0.2, 0.25) is 0 Å². The molecule has 0 spiro atoms. The number of benzene rings is 2. The predicted molar refractivity (Wildman–Crippen MR) is 77.9 cm³/mol. The van der Waals surface area contributed by atoms with Crippen molar-refractivity contribution in [3.05, 3.63) is 78.2 Å². The van der Waals surface area contributed by atoms with Crippen LogP contribution in [0.25, 0.3) is 11.3 Å². The van der Waals surface area contributed by atoms with Crippen LogP contribution in [-0.4, -0.2) is 9.55 Å². The van der Waals surface area contributed by atoms with E-state index in [4.69, 9.17) is 0 Å². The summed E-state index contributed by atoms with van der Waals surface area (Å²) in [5.41, 5.74) is 3.49. The van der Waals surface area contributed by atoms with Crippen LogP contribution in [0, 0.1) is 6.92 Å². The first-order valence-corrected chi connectivity index (χ1v) is 6.46. The van der Waals surface area contributed by atoms with E-state index in [-0.39, 0.29) is 0 Å². The molecule has 2 nitrogen and oxygen atoms in total. The molecule has 0 fully saturated rings. The van der Waals surface area contributed by atoms with Gasteiger partial charge in [-0.15, -0.1) is 0 Å². The Labute approximate surface area is 113 Å². The molecule has 0 N–H and O–H groups in total. The van der Waals surface area contributed by atoms with Crippen LogP contribution in [0.1, 0.15) is 11.4 Å². The Balaban J connectivity index is 1.90. The zero-order chi connectivity index (χ0) is 13.1. The molecule has 0 radical (unpaired) electrons. The molecule has 2 aromatic carbocycles. The highest BCUT2D eigenvalue weighted by atomic mass is 15.1. The van der Waals surface area contributed by atoms with Gasteiger partial charge >= 0.3 is 0 Å². The molecule has 0 atom stereocenters. The fraction of sp³-hybridized carbons (Fsp3) is 0.118. The highest BCUT2D eigenvalue weighted by Crippen LogP contribution is 2.18. The van der Waals surface area contributed by atoms with Gasteiger partial charge in [0.1, 0.15) is 5.82 Å². The molecule has 0 saturated carbocycles. The largest absolute Gasteiger partial charge is 0.330 e. The number of hydrogen-bond donors (Lipinski definition) is 0. The molecule has 19 heavy (non-hydrogen) atoms. The topological polar surface area (TPSA) is 17.8 Å². The maximum Gasteiger partial charge on any atom is 0.106 e. The van der Waals surface area contributed by atoms with E-state index in [1.807, 2.05) is 24.3 Å². The van der Waals surface area contributed by atoms with Crippen LogP contribution >= 0.6 is 0 Å². The van der Waals surface area contributed by atoms with Crippen molar-refractivity contribution in [3.63, 3.8) is 0 Å². The molecule has 94 valence electrons. The van der Waals surface area contributed by atoms with E-state index in [1.165, 1.54) is 5.56 Å². The number of aromatic nitrogens is 2. The fourth-order valence-electron chi connectivity index (χ4n) is 2.20. The fourth-order valence-corrected chi connectivity index (χ4v) is 2.20. The summed E-state index contributed by atoms with van der Waals surface area (Å²) < 4.78 is 2.19. The van der Waals surface area contributed by atoms with E-state index < -0.39 is 0 Å². The van der Waals surface area contributed by atoms with E-state index >= 15 is 0 Å². The number of aryl methyl sites for hydroxylation is 1. The minimum atomic E-state index is 0.868. The maximum atomic E-state index is 4.64. The van der Waals surface area contributed by atoms with Gasteiger partial charge in [0.25, 0.3) is 0 Å². The van der Waals surface area contributed by atoms with Crippen LogP contribution in [0.4, 0.5) is 0 Å². The molecule has 3 aromatic rings. The molecule has 0 amide bonds. The number of nitrogens with zero attached hydrogens (tertiary/aromatic N) is 2. The molecule has 3 rings (SSSR count). The summed E-state index contributed by atoms with van der Waals surface area (Å²) in [6, 6.07) is 20.8. The summed E-state index contributed by atoms with van der Waals surface area (Å²) in [4.78, 5) is 4.64. The molecular weight excluding hydrogens is 232 g/mol. The molecule has 0 bridgehead atoms. The van der Waals surface area contributed by atoms with E-state index in [0.717, 1.165) is 23.6 Å². The first kappa shape index (κ1) is 11.7. The van der Waals surface area contributed by atoms with Gasteiger partial charge in [-0.1, -0.05) is 60.7 Å². The lowest BCUT2D eigenvalue weighted by molar-refractivity contribution is 0.762. The molecule has 0 saturated heterocycles. The summed E-state index contributed by atoms with van der Waals surface area (Å²) >= 11 is 0. The summed E-state index contributed by atoms with van der Waals surface area (Å²) in [7, 11) is 0. The van der Waals surface area contributed by atoms with Crippen LogP contribution in [0.5, 0.6) is 0 Å². The lowest BCUT2D eigenvalue weighted by Gasteiger charge is -2.04. The standard InChI is InChI=1S/C17H16N2/c1-14-18-17(16-10-6-3-7-11-16)13-19(14)12-15-8-4-2-5-9-15/h2-11,13H,12H2,1H3. The van der Waals surface area contributed by atoms with Gasteiger partial charge in [-0.2, -0.15) is 0 Å². The third-order valence-electron chi connectivity index (χ3n) is 3.24. The maximum absolute atomic E-state index is 4.64. The smallest absolute Gasteiger partial charge is 0.106 e. The highest BCUT2D eigenvalue weighted by molar-refractivity contribution is 5.58. The van der Waals surface area contributed by atoms with Gasteiger partial charge in [-0.3, -0.25) is 0 Å². The molecule has 1 heterocycles. The Kier molecular flexibility index (Phi) is 3.15. The van der Waals surface area contributed by atoms with Crippen molar-refractivity contribution in [2.24, 2.45) is 0 Å². The second kappa shape index (κ2) is 5.11. The van der Waals surface area contributed by atoms with Crippen molar-refractivity contribution >= 4 is 0 Å². The van der Waals surface area contributed by atoms with Crippen LogP contribution in [0.3, 0.4) is 0 Å². The predicted octanol–water partition coefficient (Wildman–Crippen LogP) is 3.91. The molecule has 0 aliphatic heterocycles. The second-order valence-corrected chi connectivity index (χ2v) is 4.65. The molecule has 1 aromatic heterocycles. The summed E-state index contributed by atoms with van der Waals surface area (Å²) in [5.74, 6) is 1.04. The minimum Gasteiger partial charge on any atom is -0.330 e. The molecule has 0 unspecified atom stereocenters. The van der Waals surface area contributed by atoms with E-state index in [9.17, 15) is 0 Å². The third kappa shape index (κ3) is 2.58. The Morgan fingerprint density at radius 1 is 0.895 bits per heavy atom. The van der Waals surface area contributed by atoms with Crippen LogP contribution < -0.4 is 0 Å². The van der Waals surface area contributed by atoms with Crippen molar-refractivity contribution < 1.29 is 0 Å². The van der Waals surface area contributed by atoms with E-state index in [2.05, 4.69) is 59.1 Å². The van der Waals surface area contributed by atoms with Crippen LogP contribution in [-0.2, 0) is 6.54 Å². The average molecular weight is 248 g/mol. The SMILES string of the molecule is Cc1nc(-c2ccccc2)cn1Cc1ccccc1. The lowest BCUT2D eigenvalue weighted by atomic mass is 10.2. The van der Waals surface area contributed by atoms with E-state index in [1.54, 1.807) is 0 Å². The zero-order valence-electron chi connectivity index (χ0n) is 11.0. The third-order valence-corrected chi connectivity index (χ3v) is 3.24. The first-order chi connectivity index (χ1) is 9.33. The van der Waals surface area contributed by atoms with Crippen molar-refractivity contribution in [1.82, 2.24) is 9.55 Å². The Hall–Kier alpha value is -2.35. The highest BCUT2D eigenvalue weighted by Gasteiger charge is 2.06. The lowest BCUT2D eigenvalue weighted by Crippen LogP contribution is -2.00. The van der Waals surface area contributed by atoms with Gasteiger partial charge in [-0.05, 0) is 12.5 Å². The summed E-state index contributed by atoms with van der Waals surface area (Å²) in [5, 5.41) is 0. The van der Waals surface area contributed by atoms with Gasteiger partial charge in [-0.25, -0.2) is 4.98 Å². The minimum absolute atomic E-state index is 0.868. The Bertz CT molecular complexity index is 654. The Morgan fingerprint density at radius 3 is 2.21 bits per heavy atom. The van der Waals surface area contributed by atoms with Crippen molar-refractivity contribution in [2.45, 2.75) is 13.5 Å². The molecule has 2 heteroatoms. The van der Waals surface area contributed by atoms with Gasteiger partial charge in [0.05, 0.1) is 5.69 Å². The average Bonchev–Trinajstić information content (AvgIpc) is 2.82. The van der Waals surface area contributed by atoms with E-state index in [0.29, 0.717) is 0 Å². The molecule has 0 aliphatic rings. The molecular formula is C17H16N2. The normalized spacial score (nSPS) is 10.6. The Morgan fingerprint density at radius 2 is 1.53 bits per heavy atom. The summed E-state index contributed by atoms with van der Waals surface area (Å²) in [6.45, 7) is 2.92. The number of imidazole rings is 1. The number of rotatable bonds is 3. The van der Waals surface area contributed by atoms with Crippen molar-refractivity contribution in [2.75, 3.05) is 0 Å².